The summed E-state index contributed by atoms with van der Waals surface area (Å²) in [6.07, 6.45) is 6.58. The van der Waals surface area contributed by atoms with E-state index in [1.807, 2.05) is 0 Å². The molecule has 0 radical (unpaired) electrons. The maximum absolute atomic E-state index is 12.5. The molecule has 1 aliphatic carbocycles. The number of rotatable bonds is 5. The lowest BCUT2D eigenvalue weighted by Crippen LogP contribution is -2.41. The molecule has 2 aromatic heterocycles. The van der Waals surface area contributed by atoms with Gasteiger partial charge < -0.3 is 9.84 Å². The van der Waals surface area contributed by atoms with Crippen LogP contribution >= 0.6 is 11.3 Å². The second-order valence-corrected chi connectivity index (χ2v) is 9.52. The third kappa shape index (κ3) is 4.56. The number of amides is 1. The number of nitrogens with one attached hydrogen (secondary N) is 2. The highest BCUT2D eigenvalue weighted by atomic mass is 32.2. The van der Waals surface area contributed by atoms with Gasteiger partial charge in [-0.1, -0.05) is 18.0 Å². The van der Waals surface area contributed by atoms with Gasteiger partial charge in [-0.3, -0.25) is 4.79 Å². The molecule has 0 aliphatic heterocycles. The quantitative estimate of drug-likeness (QED) is 0.780. The van der Waals surface area contributed by atoms with Crippen molar-refractivity contribution in [1.29, 1.82) is 0 Å². The van der Waals surface area contributed by atoms with E-state index in [9.17, 15) is 13.2 Å². The molecule has 0 saturated heterocycles. The molecule has 3 rings (SSSR count). The number of anilines is 1. The van der Waals surface area contributed by atoms with E-state index in [4.69, 9.17) is 4.52 Å². The summed E-state index contributed by atoms with van der Waals surface area (Å²) < 4.78 is 32.4. The van der Waals surface area contributed by atoms with Gasteiger partial charge in [-0.15, -0.1) is 11.3 Å². The van der Waals surface area contributed by atoms with E-state index in [0.717, 1.165) is 31.4 Å². The highest BCUT2D eigenvalue weighted by molar-refractivity contribution is 7.89. The van der Waals surface area contributed by atoms with Gasteiger partial charge in [0.25, 0.3) is 0 Å². The van der Waals surface area contributed by atoms with E-state index in [1.54, 1.807) is 6.92 Å². The first-order valence-electron chi connectivity index (χ1n) is 9.02. The molecule has 2 N–H and O–H groups in total. The third-order valence-electron chi connectivity index (χ3n) is 4.54. The van der Waals surface area contributed by atoms with Gasteiger partial charge in [0.05, 0.1) is 11.7 Å². The normalized spacial score (nSPS) is 16.3. The summed E-state index contributed by atoms with van der Waals surface area (Å²) in [5.74, 6) is -0.264. The van der Waals surface area contributed by atoms with Crippen LogP contribution in [-0.4, -0.2) is 30.5 Å². The van der Waals surface area contributed by atoms with Gasteiger partial charge in [0.2, 0.25) is 15.9 Å². The lowest BCUT2D eigenvalue weighted by atomic mass is 10.0. The van der Waals surface area contributed by atoms with Crippen LogP contribution in [0.4, 0.5) is 5.13 Å². The summed E-state index contributed by atoms with van der Waals surface area (Å²) >= 11 is 1.48. The van der Waals surface area contributed by atoms with Crippen LogP contribution in [-0.2, 0) is 27.7 Å². The Morgan fingerprint density at radius 2 is 1.89 bits per heavy atom. The zero-order valence-electron chi connectivity index (χ0n) is 15.7. The molecule has 0 bridgehead atoms. The second-order valence-electron chi connectivity index (χ2n) is 6.79. The summed E-state index contributed by atoms with van der Waals surface area (Å²) in [5, 5.41) is 6.91. The predicted molar refractivity (Wildman–Crippen MR) is 102 cm³/mol. The molecule has 1 atom stereocenters. The predicted octanol–water partition coefficient (Wildman–Crippen LogP) is 2.71. The fraction of sp³-hybridized carbons (Fsp3) is 0.588. The van der Waals surface area contributed by atoms with Gasteiger partial charge in [-0.25, -0.2) is 13.4 Å². The van der Waals surface area contributed by atoms with Crippen molar-refractivity contribution < 1.29 is 17.7 Å². The average molecular weight is 413 g/mol. The highest BCUT2D eigenvalue weighted by Gasteiger charge is 2.28. The molecule has 2 heterocycles. The standard InChI is InChI=1S/C17H24N4O4S2/c1-10-15(12(3)25-20-10)27(23,24)21-11(2)16(22)19-17-18-13-8-6-4-5-7-9-14(13)26-17/h11,21H,4-9H2,1-3H3,(H,18,19,22)/t11-/m0/s1. The Morgan fingerprint density at radius 1 is 1.19 bits per heavy atom. The fourth-order valence-electron chi connectivity index (χ4n) is 3.18. The molecular weight excluding hydrogens is 388 g/mol. The van der Waals surface area contributed by atoms with Crippen LogP contribution in [0.5, 0.6) is 0 Å². The summed E-state index contributed by atoms with van der Waals surface area (Å²) in [6.45, 7) is 4.56. The smallest absolute Gasteiger partial charge is 0.246 e. The number of fused-ring (bicyclic) bond motifs is 1. The van der Waals surface area contributed by atoms with Crippen molar-refractivity contribution in [2.75, 3.05) is 5.32 Å². The van der Waals surface area contributed by atoms with E-state index in [-0.39, 0.29) is 16.3 Å². The molecule has 8 nitrogen and oxygen atoms in total. The molecular formula is C17H24N4O4S2. The molecule has 148 valence electrons. The fourth-order valence-corrected chi connectivity index (χ4v) is 5.76. The van der Waals surface area contributed by atoms with Crippen molar-refractivity contribution in [2.24, 2.45) is 0 Å². The topological polar surface area (TPSA) is 114 Å². The van der Waals surface area contributed by atoms with Gasteiger partial charge in [-0.2, -0.15) is 4.72 Å². The average Bonchev–Trinajstić information content (AvgIpc) is 3.10. The van der Waals surface area contributed by atoms with E-state index in [2.05, 4.69) is 20.2 Å². The van der Waals surface area contributed by atoms with Crippen LogP contribution in [0.25, 0.3) is 0 Å². The van der Waals surface area contributed by atoms with Crippen molar-refractivity contribution in [3.8, 4) is 0 Å². The maximum atomic E-state index is 12.5. The largest absolute Gasteiger partial charge is 0.360 e. The molecule has 1 aliphatic rings. The van der Waals surface area contributed by atoms with Gasteiger partial charge >= 0.3 is 0 Å². The molecule has 27 heavy (non-hydrogen) atoms. The number of sulfonamides is 1. The molecule has 0 fully saturated rings. The van der Waals surface area contributed by atoms with Crippen molar-refractivity contribution >= 4 is 32.4 Å². The van der Waals surface area contributed by atoms with Gasteiger partial charge in [0, 0.05) is 4.88 Å². The number of aromatic nitrogens is 2. The SMILES string of the molecule is Cc1noc(C)c1S(=O)(=O)N[C@@H](C)C(=O)Nc1nc2c(s1)CCCCCC2. The number of hydrogen-bond acceptors (Lipinski definition) is 7. The van der Waals surface area contributed by atoms with Gasteiger partial charge in [0.1, 0.15) is 10.6 Å². The Hall–Kier alpha value is -1.78. The van der Waals surface area contributed by atoms with E-state index < -0.39 is 22.0 Å². The monoisotopic (exact) mass is 412 g/mol. The Bertz CT molecular complexity index is 888. The number of nitrogens with zero attached hydrogens (tertiary/aromatic N) is 2. The number of thiazole rings is 1. The van der Waals surface area contributed by atoms with Crippen LogP contribution in [0.1, 0.15) is 54.6 Å². The molecule has 0 saturated carbocycles. The van der Waals surface area contributed by atoms with E-state index in [1.165, 1.54) is 42.9 Å². The Kier molecular flexibility index (Phi) is 5.97. The molecule has 1 amide bonds. The lowest BCUT2D eigenvalue weighted by molar-refractivity contribution is -0.117. The number of aryl methyl sites for hydroxylation is 4. The maximum Gasteiger partial charge on any atom is 0.246 e. The minimum atomic E-state index is -3.91. The van der Waals surface area contributed by atoms with E-state index in [0.29, 0.717) is 5.13 Å². The molecule has 0 spiro atoms. The zero-order chi connectivity index (χ0) is 19.6. The van der Waals surface area contributed by atoms with Crippen LogP contribution in [0.3, 0.4) is 0 Å². The van der Waals surface area contributed by atoms with Crippen molar-refractivity contribution in [3.05, 3.63) is 22.0 Å². The zero-order valence-corrected chi connectivity index (χ0v) is 17.3. The minimum absolute atomic E-state index is 0.0284. The summed E-state index contributed by atoms with van der Waals surface area (Å²) in [5.41, 5.74) is 1.31. The first-order chi connectivity index (χ1) is 12.8. The van der Waals surface area contributed by atoms with Crippen molar-refractivity contribution in [2.45, 2.75) is 70.2 Å². The first-order valence-corrected chi connectivity index (χ1v) is 11.3. The minimum Gasteiger partial charge on any atom is -0.360 e. The molecule has 10 heteroatoms. The molecule has 0 unspecified atom stereocenters. The Labute approximate surface area is 162 Å². The molecule has 0 aromatic carbocycles. The Balaban J connectivity index is 1.68. The summed E-state index contributed by atoms with van der Waals surface area (Å²) in [7, 11) is -3.91. The van der Waals surface area contributed by atoms with Gasteiger partial charge in [0.15, 0.2) is 10.9 Å². The van der Waals surface area contributed by atoms with Crippen molar-refractivity contribution in [1.82, 2.24) is 14.9 Å². The number of carbonyl (C=O) groups is 1. The van der Waals surface area contributed by atoms with Gasteiger partial charge in [-0.05, 0) is 46.5 Å². The van der Waals surface area contributed by atoms with Crippen LogP contribution in [0.2, 0.25) is 0 Å². The second kappa shape index (κ2) is 8.07. The van der Waals surface area contributed by atoms with Crippen LogP contribution < -0.4 is 10.0 Å². The summed E-state index contributed by atoms with van der Waals surface area (Å²) in [4.78, 5) is 18.2. The molecule has 2 aromatic rings. The number of carbonyl (C=O) groups excluding carboxylic acids is 1. The third-order valence-corrected chi connectivity index (χ3v) is 7.39. The lowest BCUT2D eigenvalue weighted by Gasteiger charge is -2.13. The summed E-state index contributed by atoms with van der Waals surface area (Å²) in [6, 6.07) is -0.963. The van der Waals surface area contributed by atoms with Crippen LogP contribution in [0.15, 0.2) is 9.42 Å². The van der Waals surface area contributed by atoms with Crippen molar-refractivity contribution in [3.63, 3.8) is 0 Å². The first kappa shape index (κ1) is 20.0. The van der Waals surface area contributed by atoms with Crippen LogP contribution in [0, 0.1) is 13.8 Å². The number of hydrogen-bond donors (Lipinski definition) is 2. The Morgan fingerprint density at radius 3 is 2.56 bits per heavy atom. The highest BCUT2D eigenvalue weighted by Crippen LogP contribution is 2.28. The van der Waals surface area contributed by atoms with E-state index >= 15 is 0 Å².